The Labute approximate surface area is 74.0 Å². The van der Waals surface area contributed by atoms with E-state index in [1.54, 1.807) is 6.92 Å². The maximum Gasteiger partial charge on any atom is 0.136 e. The van der Waals surface area contributed by atoms with Crippen LogP contribution in [0.4, 0.5) is 0 Å². The smallest absolute Gasteiger partial charge is 0.136 e. The summed E-state index contributed by atoms with van der Waals surface area (Å²) in [5.41, 5.74) is -0.592. The second kappa shape index (κ2) is 2.56. The summed E-state index contributed by atoms with van der Waals surface area (Å²) in [6.45, 7) is 7.55. The van der Waals surface area contributed by atoms with Gasteiger partial charge in [-0.3, -0.25) is 4.79 Å². The lowest BCUT2D eigenvalue weighted by Gasteiger charge is -2.37. The van der Waals surface area contributed by atoms with Gasteiger partial charge >= 0.3 is 0 Å². The number of aliphatic hydroxyl groups is 1. The number of rotatable bonds is 1. The normalized spacial score (nSPS) is 39.9. The Morgan fingerprint density at radius 1 is 1.42 bits per heavy atom. The number of hydrogen-bond donors (Lipinski definition) is 1. The SMILES string of the molecule is CC(=O)[C@]1(C)CC[C@@H](O)C1(C)C. The Morgan fingerprint density at radius 3 is 2.08 bits per heavy atom. The van der Waals surface area contributed by atoms with Crippen molar-refractivity contribution in [3.63, 3.8) is 0 Å². The molecule has 0 saturated heterocycles. The van der Waals surface area contributed by atoms with Gasteiger partial charge in [-0.1, -0.05) is 20.8 Å². The van der Waals surface area contributed by atoms with E-state index in [1.165, 1.54) is 0 Å². The van der Waals surface area contributed by atoms with Crippen LogP contribution < -0.4 is 0 Å². The monoisotopic (exact) mass is 170 g/mol. The summed E-state index contributed by atoms with van der Waals surface area (Å²) in [7, 11) is 0. The highest BCUT2D eigenvalue weighted by Gasteiger charge is 2.53. The quantitative estimate of drug-likeness (QED) is 0.651. The van der Waals surface area contributed by atoms with Gasteiger partial charge in [0.05, 0.1) is 6.10 Å². The summed E-state index contributed by atoms with van der Waals surface area (Å²) in [6, 6.07) is 0. The van der Waals surface area contributed by atoms with Crippen LogP contribution in [0, 0.1) is 10.8 Å². The van der Waals surface area contributed by atoms with E-state index < -0.39 is 0 Å². The fourth-order valence-electron chi connectivity index (χ4n) is 2.11. The predicted molar refractivity (Wildman–Crippen MR) is 47.8 cm³/mol. The molecule has 1 aliphatic rings. The maximum atomic E-state index is 11.4. The molecule has 0 radical (unpaired) electrons. The Balaban J connectivity index is 3.01. The third-order valence-corrected chi connectivity index (χ3v) is 3.95. The molecule has 0 unspecified atom stereocenters. The van der Waals surface area contributed by atoms with Crippen LogP contribution in [0.5, 0.6) is 0 Å². The minimum atomic E-state index is -0.327. The van der Waals surface area contributed by atoms with Crippen LogP contribution in [0.1, 0.15) is 40.5 Å². The molecule has 1 rings (SSSR count). The molecule has 2 heteroatoms. The van der Waals surface area contributed by atoms with Crippen molar-refractivity contribution in [2.45, 2.75) is 46.6 Å². The topological polar surface area (TPSA) is 37.3 Å². The Bertz CT molecular complexity index is 208. The number of hydrogen-bond acceptors (Lipinski definition) is 2. The van der Waals surface area contributed by atoms with Crippen molar-refractivity contribution in [3.8, 4) is 0 Å². The number of carbonyl (C=O) groups is 1. The molecule has 0 aromatic heterocycles. The molecular weight excluding hydrogens is 152 g/mol. The van der Waals surface area contributed by atoms with E-state index >= 15 is 0 Å². The van der Waals surface area contributed by atoms with E-state index in [2.05, 4.69) is 0 Å². The number of Topliss-reactive ketones (excluding diaryl/α,β-unsaturated/α-hetero) is 1. The second-order valence-electron chi connectivity index (χ2n) is 4.66. The van der Waals surface area contributed by atoms with Gasteiger partial charge < -0.3 is 5.11 Å². The van der Waals surface area contributed by atoms with Crippen LogP contribution in [-0.2, 0) is 4.79 Å². The van der Waals surface area contributed by atoms with Gasteiger partial charge in [-0.2, -0.15) is 0 Å². The summed E-state index contributed by atoms with van der Waals surface area (Å²) in [4.78, 5) is 11.4. The van der Waals surface area contributed by atoms with E-state index in [4.69, 9.17) is 0 Å². The first-order valence-corrected chi connectivity index (χ1v) is 4.51. The highest BCUT2D eigenvalue weighted by atomic mass is 16.3. The molecule has 0 aliphatic heterocycles. The fourth-order valence-corrected chi connectivity index (χ4v) is 2.11. The second-order valence-corrected chi connectivity index (χ2v) is 4.66. The van der Waals surface area contributed by atoms with E-state index in [-0.39, 0.29) is 22.7 Å². The molecule has 0 heterocycles. The minimum absolute atomic E-state index is 0.198. The largest absolute Gasteiger partial charge is 0.393 e. The molecule has 12 heavy (non-hydrogen) atoms. The highest BCUT2D eigenvalue weighted by Crippen LogP contribution is 2.52. The third-order valence-electron chi connectivity index (χ3n) is 3.95. The zero-order valence-electron chi connectivity index (χ0n) is 8.35. The zero-order chi connectivity index (χ0) is 9.57. The van der Waals surface area contributed by atoms with Crippen LogP contribution in [-0.4, -0.2) is 17.0 Å². The molecule has 1 aliphatic carbocycles. The first kappa shape index (κ1) is 9.72. The summed E-state index contributed by atoms with van der Waals surface area (Å²) in [5.74, 6) is 0.198. The lowest BCUT2D eigenvalue weighted by atomic mass is 9.66. The fraction of sp³-hybridized carbons (Fsp3) is 0.900. The molecule has 1 saturated carbocycles. The first-order valence-electron chi connectivity index (χ1n) is 4.51. The van der Waals surface area contributed by atoms with Crippen LogP contribution in [0.3, 0.4) is 0 Å². The molecule has 2 nitrogen and oxygen atoms in total. The molecule has 1 fully saturated rings. The molecule has 0 bridgehead atoms. The predicted octanol–water partition coefficient (Wildman–Crippen LogP) is 1.76. The van der Waals surface area contributed by atoms with Crippen molar-refractivity contribution in [2.75, 3.05) is 0 Å². The van der Waals surface area contributed by atoms with Crippen molar-refractivity contribution >= 4 is 5.78 Å². The molecule has 1 N–H and O–H groups in total. The van der Waals surface area contributed by atoms with E-state index in [1.807, 2.05) is 20.8 Å². The van der Waals surface area contributed by atoms with E-state index in [0.717, 1.165) is 12.8 Å². The molecule has 0 amide bonds. The van der Waals surface area contributed by atoms with Gasteiger partial charge in [0.2, 0.25) is 0 Å². The summed E-state index contributed by atoms with van der Waals surface area (Å²) < 4.78 is 0. The molecular formula is C10H18O2. The molecule has 70 valence electrons. The van der Waals surface area contributed by atoms with Gasteiger partial charge in [-0.15, -0.1) is 0 Å². The van der Waals surface area contributed by atoms with Crippen LogP contribution in [0.2, 0.25) is 0 Å². The molecule has 0 spiro atoms. The lowest BCUT2D eigenvalue weighted by molar-refractivity contribution is -0.132. The summed E-state index contributed by atoms with van der Waals surface area (Å²) in [5, 5.41) is 9.69. The van der Waals surface area contributed by atoms with Crippen molar-refractivity contribution in [1.82, 2.24) is 0 Å². The number of ketones is 1. The van der Waals surface area contributed by atoms with Gasteiger partial charge in [0.25, 0.3) is 0 Å². The van der Waals surface area contributed by atoms with Crippen molar-refractivity contribution in [2.24, 2.45) is 10.8 Å². The van der Waals surface area contributed by atoms with Crippen molar-refractivity contribution in [1.29, 1.82) is 0 Å². The van der Waals surface area contributed by atoms with Crippen molar-refractivity contribution in [3.05, 3.63) is 0 Å². The Kier molecular flexibility index (Phi) is 2.07. The number of aliphatic hydroxyl groups excluding tert-OH is 1. The average molecular weight is 170 g/mol. The minimum Gasteiger partial charge on any atom is -0.393 e. The van der Waals surface area contributed by atoms with Crippen LogP contribution >= 0.6 is 0 Å². The maximum absolute atomic E-state index is 11.4. The van der Waals surface area contributed by atoms with Gasteiger partial charge in [0.1, 0.15) is 5.78 Å². The van der Waals surface area contributed by atoms with E-state index in [0.29, 0.717) is 0 Å². The van der Waals surface area contributed by atoms with Crippen molar-refractivity contribution < 1.29 is 9.90 Å². The third kappa shape index (κ3) is 1.01. The van der Waals surface area contributed by atoms with Crippen LogP contribution in [0.25, 0.3) is 0 Å². The van der Waals surface area contributed by atoms with Gasteiger partial charge in [0, 0.05) is 10.8 Å². The van der Waals surface area contributed by atoms with Gasteiger partial charge in [-0.05, 0) is 19.8 Å². The Hall–Kier alpha value is -0.370. The van der Waals surface area contributed by atoms with Crippen LogP contribution in [0.15, 0.2) is 0 Å². The highest BCUT2D eigenvalue weighted by molar-refractivity contribution is 5.83. The zero-order valence-corrected chi connectivity index (χ0v) is 8.35. The summed E-state index contributed by atoms with van der Waals surface area (Å²) >= 11 is 0. The van der Waals surface area contributed by atoms with Gasteiger partial charge in [-0.25, -0.2) is 0 Å². The standard InChI is InChI=1S/C10H18O2/c1-7(11)10(4)6-5-8(12)9(10,2)3/h8,12H,5-6H2,1-4H3/t8-,10+/m1/s1. The molecule has 0 aromatic carbocycles. The molecule has 2 atom stereocenters. The van der Waals surface area contributed by atoms with Gasteiger partial charge in [0.15, 0.2) is 0 Å². The summed E-state index contributed by atoms with van der Waals surface area (Å²) in [6.07, 6.45) is 1.24. The average Bonchev–Trinajstić information content (AvgIpc) is 2.15. The first-order chi connectivity index (χ1) is 5.32. The van der Waals surface area contributed by atoms with E-state index in [9.17, 15) is 9.90 Å². The number of carbonyl (C=O) groups excluding carboxylic acids is 1. The Morgan fingerprint density at radius 2 is 1.92 bits per heavy atom. The lowest BCUT2D eigenvalue weighted by Crippen LogP contribution is -2.41. The molecule has 0 aromatic rings.